The van der Waals surface area contributed by atoms with E-state index in [1.54, 1.807) is 6.20 Å². The van der Waals surface area contributed by atoms with Crippen LogP contribution in [0, 0.1) is 0 Å². The van der Waals surface area contributed by atoms with Crippen molar-refractivity contribution in [3.05, 3.63) is 58.9 Å². The molecule has 9 heteroatoms. The molecule has 160 valence electrons. The summed E-state index contributed by atoms with van der Waals surface area (Å²) in [6.45, 7) is 5.84. The molecule has 0 saturated heterocycles. The topological polar surface area (TPSA) is 130 Å². The van der Waals surface area contributed by atoms with Gasteiger partial charge in [0.25, 0.3) is 0 Å². The monoisotopic (exact) mass is 421 g/mol. The molecule has 2 amide bonds. The second kappa shape index (κ2) is 7.92. The maximum absolute atomic E-state index is 12.4. The number of aliphatic hydroxyl groups is 1. The van der Waals surface area contributed by atoms with Gasteiger partial charge in [-0.25, -0.2) is 4.98 Å². The number of aromatic nitrogens is 3. The van der Waals surface area contributed by atoms with Crippen LogP contribution in [0.15, 0.2) is 35.0 Å². The number of hydrogen-bond donors (Lipinski definition) is 3. The van der Waals surface area contributed by atoms with Crippen LogP contribution >= 0.6 is 0 Å². The zero-order valence-electron chi connectivity index (χ0n) is 17.5. The van der Waals surface area contributed by atoms with E-state index in [2.05, 4.69) is 25.8 Å². The van der Waals surface area contributed by atoms with Gasteiger partial charge in [-0.05, 0) is 28.3 Å². The molecule has 9 nitrogen and oxygen atoms in total. The maximum atomic E-state index is 12.4. The summed E-state index contributed by atoms with van der Waals surface area (Å²) < 4.78 is 5.06. The lowest BCUT2D eigenvalue weighted by Crippen LogP contribution is -2.23. The summed E-state index contributed by atoms with van der Waals surface area (Å²) in [6.07, 6.45) is 1.88. The van der Waals surface area contributed by atoms with Crippen LogP contribution in [0.3, 0.4) is 0 Å². The highest BCUT2D eigenvalue weighted by molar-refractivity contribution is 6.00. The van der Waals surface area contributed by atoms with E-state index in [4.69, 9.17) is 4.52 Å². The van der Waals surface area contributed by atoms with Crippen LogP contribution in [0.4, 0.5) is 5.82 Å². The Morgan fingerprint density at radius 1 is 1.26 bits per heavy atom. The van der Waals surface area contributed by atoms with Crippen LogP contribution in [0.25, 0.3) is 11.1 Å². The van der Waals surface area contributed by atoms with Crippen molar-refractivity contribution in [2.75, 3.05) is 5.32 Å². The first-order chi connectivity index (χ1) is 14.8. The molecule has 0 saturated carbocycles. The minimum Gasteiger partial charge on any atom is -0.392 e. The van der Waals surface area contributed by atoms with Crippen LogP contribution in [-0.4, -0.2) is 32.0 Å². The van der Waals surface area contributed by atoms with E-state index < -0.39 is 5.91 Å². The van der Waals surface area contributed by atoms with Gasteiger partial charge in [0.1, 0.15) is 5.82 Å². The minimum atomic E-state index is -0.464. The quantitative estimate of drug-likeness (QED) is 0.576. The number of fused-ring (bicyclic) bond motifs is 1. The highest BCUT2D eigenvalue weighted by Crippen LogP contribution is 2.34. The highest BCUT2D eigenvalue weighted by atomic mass is 16.5. The Hall–Kier alpha value is -3.59. The average molecular weight is 421 g/mol. The van der Waals surface area contributed by atoms with Crippen molar-refractivity contribution in [1.82, 2.24) is 20.4 Å². The lowest BCUT2D eigenvalue weighted by Gasteiger charge is -2.13. The zero-order chi connectivity index (χ0) is 22.2. The number of rotatable bonds is 5. The molecule has 1 aliphatic heterocycles. The van der Waals surface area contributed by atoms with E-state index in [0.29, 0.717) is 17.2 Å². The molecule has 2 aromatic heterocycles. The van der Waals surface area contributed by atoms with E-state index in [1.807, 2.05) is 45.0 Å². The highest BCUT2D eigenvalue weighted by Gasteiger charge is 2.25. The summed E-state index contributed by atoms with van der Waals surface area (Å²) in [5.74, 6) is 0.359. The van der Waals surface area contributed by atoms with Crippen LogP contribution in [0.5, 0.6) is 0 Å². The van der Waals surface area contributed by atoms with Gasteiger partial charge in [0.15, 0.2) is 5.82 Å². The van der Waals surface area contributed by atoms with Gasteiger partial charge in [-0.1, -0.05) is 44.1 Å². The molecule has 3 heterocycles. The molecule has 1 aromatic carbocycles. The van der Waals surface area contributed by atoms with Gasteiger partial charge < -0.3 is 20.3 Å². The molecule has 0 radical (unpaired) electrons. The first-order valence-corrected chi connectivity index (χ1v) is 9.89. The number of amides is 2. The SMILES string of the molecule is CC(C)(C)c1noc(C(=O)NCc2ccc(-c3ccnc4c3CC(=O)N4)c(CO)c2)n1. The number of nitrogens with zero attached hydrogens (tertiary/aromatic N) is 3. The first-order valence-electron chi connectivity index (χ1n) is 9.89. The average Bonchev–Trinajstić information content (AvgIpc) is 3.37. The largest absolute Gasteiger partial charge is 0.392 e. The van der Waals surface area contributed by atoms with Gasteiger partial charge in [0, 0.05) is 23.7 Å². The number of carbonyl (C=O) groups excluding carboxylic acids is 2. The Kier molecular flexibility index (Phi) is 5.28. The number of anilines is 1. The minimum absolute atomic E-state index is 0.0894. The number of benzene rings is 1. The third-order valence-electron chi connectivity index (χ3n) is 5.03. The molecule has 4 rings (SSSR count). The van der Waals surface area contributed by atoms with Crippen LogP contribution < -0.4 is 10.6 Å². The zero-order valence-corrected chi connectivity index (χ0v) is 17.5. The van der Waals surface area contributed by atoms with Crippen molar-refractivity contribution in [2.24, 2.45) is 0 Å². The number of pyridine rings is 1. The fourth-order valence-corrected chi connectivity index (χ4v) is 3.40. The Balaban J connectivity index is 1.52. The summed E-state index contributed by atoms with van der Waals surface area (Å²) in [4.78, 5) is 32.5. The lowest BCUT2D eigenvalue weighted by molar-refractivity contribution is -0.115. The predicted molar refractivity (Wildman–Crippen MR) is 112 cm³/mol. The molecule has 1 aliphatic rings. The number of carbonyl (C=O) groups is 2. The van der Waals surface area contributed by atoms with Gasteiger partial charge in [0.05, 0.1) is 13.0 Å². The molecular formula is C22H23N5O4. The van der Waals surface area contributed by atoms with Gasteiger partial charge in [0.2, 0.25) is 5.91 Å². The summed E-state index contributed by atoms with van der Waals surface area (Å²) >= 11 is 0. The van der Waals surface area contributed by atoms with Crippen LogP contribution in [0.2, 0.25) is 0 Å². The summed E-state index contributed by atoms with van der Waals surface area (Å²) in [6, 6.07) is 7.38. The van der Waals surface area contributed by atoms with Crippen molar-refractivity contribution >= 4 is 17.6 Å². The molecule has 0 aliphatic carbocycles. The fraction of sp³-hybridized carbons (Fsp3) is 0.318. The van der Waals surface area contributed by atoms with Crippen LogP contribution in [-0.2, 0) is 29.8 Å². The van der Waals surface area contributed by atoms with Gasteiger partial charge in [-0.3, -0.25) is 9.59 Å². The second-order valence-electron chi connectivity index (χ2n) is 8.42. The molecule has 31 heavy (non-hydrogen) atoms. The molecule has 0 unspecified atom stereocenters. The van der Waals surface area contributed by atoms with E-state index in [-0.39, 0.29) is 36.8 Å². The van der Waals surface area contributed by atoms with Crippen molar-refractivity contribution in [1.29, 1.82) is 0 Å². The number of aliphatic hydroxyl groups excluding tert-OH is 1. The molecule has 0 fully saturated rings. The van der Waals surface area contributed by atoms with Gasteiger partial charge in [-0.2, -0.15) is 4.98 Å². The Bertz CT molecular complexity index is 1160. The van der Waals surface area contributed by atoms with Gasteiger partial charge >= 0.3 is 11.8 Å². The third-order valence-corrected chi connectivity index (χ3v) is 5.03. The molecular weight excluding hydrogens is 398 g/mol. The molecule has 0 bridgehead atoms. The summed E-state index contributed by atoms with van der Waals surface area (Å²) in [5.41, 5.74) is 3.66. The van der Waals surface area contributed by atoms with Crippen molar-refractivity contribution in [3.63, 3.8) is 0 Å². The Morgan fingerprint density at radius 2 is 2.06 bits per heavy atom. The van der Waals surface area contributed by atoms with Crippen molar-refractivity contribution < 1.29 is 19.2 Å². The maximum Gasteiger partial charge on any atom is 0.315 e. The molecule has 3 N–H and O–H groups in total. The number of hydrogen-bond acceptors (Lipinski definition) is 7. The normalized spacial score (nSPS) is 13.1. The summed E-state index contributed by atoms with van der Waals surface area (Å²) in [7, 11) is 0. The standard InChI is InChI=1S/C22H23N5O4/c1-22(2,3)21-26-20(31-27-21)19(30)24-10-12-4-5-14(13(8-12)11-28)15-6-7-23-18-16(15)9-17(29)25-18/h4-8,28H,9-11H2,1-3H3,(H,24,30)(H,23,25,29). The summed E-state index contributed by atoms with van der Waals surface area (Å²) in [5, 5.41) is 19.3. The molecule has 3 aromatic rings. The number of nitrogens with one attached hydrogen (secondary N) is 2. The third kappa shape index (κ3) is 4.17. The van der Waals surface area contributed by atoms with Crippen LogP contribution in [0.1, 0.15) is 54.0 Å². The van der Waals surface area contributed by atoms with Gasteiger partial charge in [-0.15, -0.1) is 0 Å². The Morgan fingerprint density at radius 3 is 2.77 bits per heavy atom. The lowest BCUT2D eigenvalue weighted by atomic mass is 9.94. The van der Waals surface area contributed by atoms with E-state index in [9.17, 15) is 14.7 Å². The van der Waals surface area contributed by atoms with E-state index in [0.717, 1.165) is 22.3 Å². The predicted octanol–water partition coefficient (Wildman–Crippen LogP) is 2.35. The van der Waals surface area contributed by atoms with E-state index >= 15 is 0 Å². The van der Waals surface area contributed by atoms with Crippen molar-refractivity contribution in [3.8, 4) is 11.1 Å². The first kappa shape index (κ1) is 20.7. The Labute approximate surface area is 178 Å². The molecule has 0 atom stereocenters. The molecule has 0 spiro atoms. The smallest absolute Gasteiger partial charge is 0.315 e. The van der Waals surface area contributed by atoms with E-state index in [1.165, 1.54) is 0 Å². The fourth-order valence-electron chi connectivity index (χ4n) is 3.40. The van der Waals surface area contributed by atoms with Crippen molar-refractivity contribution in [2.45, 2.75) is 45.8 Å². The second-order valence-corrected chi connectivity index (χ2v) is 8.42.